The highest BCUT2D eigenvalue weighted by molar-refractivity contribution is 5.68. The molecule has 0 amide bonds. The summed E-state index contributed by atoms with van der Waals surface area (Å²) in [4.78, 5) is 11.0. The van der Waals surface area contributed by atoms with Gasteiger partial charge in [-0.3, -0.25) is 4.79 Å². The number of carbonyl (C=O) groups is 1. The SMILES string of the molecule is CCC(=O)OCCCCc1ccc(C(C)(C)C)cc1. The van der Waals surface area contributed by atoms with Crippen LogP contribution in [0.4, 0.5) is 0 Å². The van der Waals surface area contributed by atoms with Crippen LogP contribution in [-0.2, 0) is 21.4 Å². The van der Waals surface area contributed by atoms with E-state index < -0.39 is 0 Å². The van der Waals surface area contributed by atoms with Crippen LogP contribution in [0.5, 0.6) is 0 Å². The predicted molar refractivity (Wildman–Crippen MR) is 79.3 cm³/mol. The van der Waals surface area contributed by atoms with Crippen molar-refractivity contribution in [3.8, 4) is 0 Å². The Bertz CT molecular complexity index is 385. The summed E-state index contributed by atoms with van der Waals surface area (Å²) >= 11 is 0. The summed E-state index contributed by atoms with van der Waals surface area (Å²) in [6.07, 6.45) is 3.51. The molecule has 1 aromatic rings. The zero-order chi connectivity index (χ0) is 14.3. The van der Waals surface area contributed by atoms with Crippen LogP contribution in [0.1, 0.15) is 58.1 Å². The van der Waals surface area contributed by atoms with Gasteiger partial charge < -0.3 is 4.74 Å². The Balaban J connectivity index is 2.29. The first kappa shape index (κ1) is 15.7. The Labute approximate surface area is 117 Å². The van der Waals surface area contributed by atoms with Crippen molar-refractivity contribution in [1.82, 2.24) is 0 Å². The molecule has 0 fully saturated rings. The van der Waals surface area contributed by atoms with Crippen molar-refractivity contribution in [3.63, 3.8) is 0 Å². The molecule has 0 aliphatic rings. The molecule has 0 atom stereocenters. The van der Waals surface area contributed by atoms with Gasteiger partial charge in [-0.1, -0.05) is 52.0 Å². The zero-order valence-electron chi connectivity index (χ0n) is 12.7. The summed E-state index contributed by atoms with van der Waals surface area (Å²) in [5, 5.41) is 0. The molecule has 0 unspecified atom stereocenters. The zero-order valence-corrected chi connectivity index (χ0v) is 12.7. The minimum absolute atomic E-state index is 0.102. The Morgan fingerprint density at radius 1 is 1.11 bits per heavy atom. The van der Waals surface area contributed by atoms with Crippen LogP contribution >= 0.6 is 0 Å². The normalized spacial score (nSPS) is 11.4. The van der Waals surface area contributed by atoms with Crippen LogP contribution in [0.15, 0.2) is 24.3 Å². The van der Waals surface area contributed by atoms with E-state index in [2.05, 4.69) is 45.0 Å². The second-order valence-electron chi connectivity index (χ2n) is 5.98. The Morgan fingerprint density at radius 2 is 1.74 bits per heavy atom. The van der Waals surface area contributed by atoms with Gasteiger partial charge in [-0.05, 0) is 35.8 Å². The minimum atomic E-state index is -0.102. The molecule has 0 aliphatic carbocycles. The third-order valence-electron chi connectivity index (χ3n) is 3.23. The molecule has 2 heteroatoms. The van der Waals surface area contributed by atoms with Crippen molar-refractivity contribution in [2.75, 3.05) is 6.61 Å². The maximum Gasteiger partial charge on any atom is 0.305 e. The molecule has 0 saturated carbocycles. The van der Waals surface area contributed by atoms with Crippen LogP contribution < -0.4 is 0 Å². The van der Waals surface area contributed by atoms with Crippen molar-refractivity contribution >= 4 is 5.97 Å². The van der Waals surface area contributed by atoms with Gasteiger partial charge in [0, 0.05) is 6.42 Å². The number of ether oxygens (including phenoxy) is 1. The molecule has 19 heavy (non-hydrogen) atoms. The van der Waals surface area contributed by atoms with Gasteiger partial charge in [0.2, 0.25) is 0 Å². The largest absolute Gasteiger partial charge is 0.466 e. The van der Waals surface area contributed by atoms with Crippen molar-refractivity contribution < 1.29 is 9.53 Å². The molecular weight excluding hydrogens is 236 g/mol. The number of unbranched alkanes of at least 4 members (excludes halogenated alkanes) is 1. The maximum absolute atomic E-state index is 11.0. The lowest BCUT2D eigenvalue weighted by Crippen LogP contribution is -2.10. The van der Waals surface area contributed by atoms with Crippen LogP contribution in [0.2, 0.25) is 0 Å². The molecule has 106 valence electrons. The first-order chi connectivity index (χ1) is 8.93. The van der Waals surface area contributed by atoms with E-state index in [1.807, 2.05) is 6.92 Å². The summed E-state index contributed by atoms with van der Waals surface area (Å²) in [7, 11) is 0. The van der Waals surface area contributed by atoms with Gasteiger partial charge in [0.15, 0.2) is 0 Å². The van der Waals surface area contributed by atoms with Crippen LogP contribution in [0.25, 0.3) is 0 Å². The molecule has 1 rings (SSSR count). The third kappa shape index (κ3) is 5.91. The number of carbonyl (C=O) groups excluding carboxylic acids is 1. The number of hydrogen-bond donors (Lipinski definition) is 0. The Hall–Kier alpha value is -1.31. The fraction of sp³-hybridized carbons (Fsp3) is 0.588. The van der Waals surface area contributed by atoms with E-state index in [-0.39, 0.29) is 11.4 Å². The highest BCUT2D eigenvalue weighted by Gasteiger charge is 2.12. The average Bonchev–Trinajstić information content (AvgIpc) is 2.37. The molecule has 0 aromatic heterocycles. The molecule has 0 aliphatic heterocycles. The lowest BCUT2D eigenvalue weighted by atomic mass is 9.86. The van der Waals surface area contributed by atoms with Gasteiger partial charge in [0.05, 0.1) is 6.61 Å². The maximum atomic E-state index is 11.0. The lowest BCUT2D eigenvalue weighted by Gasteiger charge is -2.19. The van der Waals surface area contributed by atoms with E-state index in [4.69, 9.17) is 4.74 Å². The van der Waals surface area contributed by atoms with E-state index in [9.17, 15) is 4.79 Å². The molecule has 2 nitrogen and oxygen atoms in total. The fourth-order valence-corrected chi connectivity index (χ4v) is 1.89. The molecule has 0 spiro atoms. The quantitative estimate of drug-likeness (QED) is 0.565. The van der Waals surface area contributed by atoms with E-state index in [1.54, 1.807) is 0 Å². The van der Waals surface area contributed by atoms with Crippen molar-refractivity contribution in [3.05, 3.63) is 35.4 Å². The van der Waals surface area contributed by atoms with E-state index in [0.717, 1.165) is 19.3 Å². The van der Waals surface area contributed by atoms with E-state index in [1.165, 1.54) is 11.1 Å². The van der Waals surface area contributed by atoms with Gasteiger partial charge in [-0.2, -0.15) is 0 Å². The second-order valence-corrected chi connectivity index (χ2v) is 5.98. The molecule has 0 heterocycles. The number of hydrogen-bond acceptors (Lipinski definition) is 2. The lowest BCUT2D eigenvalue weighted by molar-refractivity contribution is -0.143. The van der Waals surface area contributed by atoms with Crippen LogP contribution in [0.3, 0.4) is 0 Å². The first-order valence-corrected chi connectivity index (χ1v) is 7.18. The van der Waals surface area contributed by atoms with Crippen molar-refractivity contribution in [2.45, 2.75) is 58.8 Å². The Morgan fingerprint density at radius 3 is 2.26 bits per heavy atom. The Kier molecular flexibility index (Phi) is 6.07. The molecular formula is C17H26O2. The van der Waals surface area contributed by atoms with Crippen molar-refractivity contribution in [2.24, 2.45) is 0 Å². The van der Waals surface area contributed by atoms with Crippen LogP contribution in [-0.4, -0.2) is 12.6 Å². The van der Waals surface area contributed by atoms with Gasteiger partial charge in [0.1, 0.15) is 0 Å². The van der Waals surface area contributed by atoms with Crippen molar-refractivity contribution in [1.29, 1.82) is 0 Å². The highest BCUT2D eigenvalue weighted by Crippen LogP contribution is 2.22. The highest BCUT2D eigenvalue weighted by atomic mass is 16.5. The number of aryl methyl sites for hydroxylation is 1. The summed E-state index contributed by atoms with van der Waals surface area (Å²) in [5.74, 6) is -0.102. The molecule has 0 saturated heterocycles. The molecule has 0 N–H and O–H groups in total. The van der Waals surface area contributed by atoms with E-state index in [0.29, 0.717) is 13.0 Å². The topological polar surface area (TPSA) is 26.3 Å². The summed E-state index contributed by atoms with van der Waals surface area (Å²) in [5.41, 5.74) is 2.94. The van der Waals surface area contributed by atoms with Gasteiger partial charge in [-0.15, -0.1) is 0 Å². The second kappa shape index (κ2) is 7.32. The van der Waals surface area contributed by atoms with Gasteiger partial charge in [0.25, 0.3) is 0 Å². The summed E-state index contributed by atoms with van der Waals surface area (Å²) in [6.45, 7) is 9.05. The molecule has 0 bridgehead atoms. The first-order valence-electron chi connectivity index (χ1n) is 7.18. The summed E-state index contributed by atoms with van der Waals surface area (Å²) < 4.78 is 5.05. The molecule has 1 aromatic carbocycles. The predicted octanol–water partition coefficient (Wildman–Crippen LogP) is 4.26. The standard InChI is InChI=1S/C17H26O2/c1-5-16(18)19-13-7-6-8-14-9-11-15(12-10-14)17(2,3)4/h9-12H,5-8,13H2,1-4H3. The van der Waals surface area contributed by atoms with Crippen LogP contribution in [0, 0.1) is 0 Å². The number of esters is 1. The molecule has 0 radical (unpaired) electrons. The summed E-state index contributed by atoms with van der Waals surface area (Å²) in [6, 6.07) is 8.84. The number of rotatable bonds is 6. The number of benzene rings is 1. The van der Waals surface area contributed by atoms with Gasteiger partial charge in [-0.25, -0.2) is 0 Å². The van der Waals surface area contributed by atoms with Gasteiger partial charge >= 0.3 is 5.97 Å². The fourth-order valence-electron chi connectivity index (χ4n) is 1.89. The smallest absolute Gasteiger partial charge is 0.305 e. The minimum Gasteiger partial charge on any atom is -0.466 e. The monoisotopic (exact) mass is 262 g/mol. The van der Waals surface area contributed by atoms with E-state index >= 15 is 0 Å². The average molecular weight is 262 g/mol. The third-order valence-corrected chi connectivity index (χ3v) is 3.23.